The molecule has 0 amide bonds. The number of fused-ring (bicyclic) bond motifs is 1. The first kappa shape index (κ1) is 9.59. The summed E-state index contributed by atoms with van der Waals surface area (Å²) in [6.45, 7) is 1.14. The molecule has 0 bridgehead atoms. The van der Waals surface area contributed by atoms with Crippen LogP contribution in [0, 0.1) is 0 Å². The van der Waals surface area contributed by atoms with Crippen molar-refractivity contribution in [3.63, 3.8) is 0 Å². The van der Waals surface area contributed by atoms with Gasteiger partial charge in [0.05, 0.1) is 11.7 Å². The fourth-order valence-corrected chi connectivity index (χ4v) is 2.38. The summed E-state index contributed by atoms with van der Waals surface area (Å²) in [7, 11) is 2.14. The number of anilines is 1. The Morgan fingerprint density at radius 2 is 2.38 bits per heavy atom. The third-order valence-electron chi connectivity index (χ3n) is 3.27. The second kappa shape index (κ2) is 3.45. The monoisotopic (exact) mass is 217 g/mol. The standard InChI is InChI=1S/C11H15N5/c1-15-6-2-3-9(15)8-7-11-13-5-4-10(12)16(11)14-8/h4-5,7,9H,2-3,6,12H2,1H3. The third kappa shape index (κ3) is 1.36. The zero-order chi connectivity index (χ0) is 11.1. The Morgan fingerprint density at radius 1 is 1.50 bits per heavy atom. The van der Waals surface area contributed by atoms with Gasteiger partial charge in [-0.25, -0.2) is 4.98 Å². The minimum atomic E-state index is 0.418. The molecule has 5 heteroatoms. The van der Waals surface area contributed by atoms with E-state index >= 15 is 0 Å². The molecule has 1 saturated heterocycles. The molecule has 2 aromatic heterocycles. The van der Waals surface area contributed by atoms with E-state index in [2.05, 4.69) is 22.0 Å². The van der Waals surface area contributed by atoms with Crippen LogP contribution in [0.15, 0.2) is 18.3 Å². The predicted molar refractivity (Wildman–Crippen MR) is 62.0 cm³/mol. The number of hydrogen-bond donors (Lipinski definition) is 1. The summed E-state index contributed by atoms with van der Waals surface area (Å²) >= 11 is 0. The van der Waals surface area contributed by atoms with Gasteiger partial charge in [0, 0.05) is 12.3 Å². The van der Waals surface area contributed by atoms with Crippen molar-refractivity contribution in [1.82, 2.24) is 19.5 Å². The van der Waals surface area contributed by atoms with E-state index in [1.807, 2.05) is 6.07 Å². The molecule has 1 aliphatic heterocycles. The van der Waals surface area contributed by atoms with Crippen LogP contribution in [0.1, 0.15) is 24.6 Å². The van der Waals surface area contributed by atoms with Gasteiger partial charge in [-0.05, 0) is 32.5 Å². The van der Waals surface area contributed by atoms with Crippen molar-refractivity contribution < 1.29 is 0 Å². The van der Waals surface area contributed by atoms with Gasteiger partial charge in [-0.3, -0.25) is 4.90 Å². The van der Waals surface area contributed by atoms with E-state index in [4.69, 9.17) is 5.73 Å². The lowest BCUT2D eigenvalue weighted by atomic mass is 10.1. The first-order chi connectivity index (χ1) is 7.75. The van der Waals surface area contributed by atoms with Crippen molar-refractivity contribution in [2.24, 2.45) is 0 Å². The highest BCUT2D eigenvalue weighted by atomic mass is 15.3. The number of nitrogens with two attached hydrogens (primary N) is 1. The molecule has 1 aliphatic rings. The summed E-state index contributed by atoms with van der Waals surface area (Å²) in [5, 5.41) is 4.53. The Hall–Kier alpha value is -1.62. The number of hydrogen-bond acceptors (Lipinski definition) is 4. The van der Waals surface area contributed by atoms with Crippen molar-refractivity contribution in [3.05, 3.63) is 24.0 Å². The normalized spacial score (nSPS) is 21.9. The minimum Gasteiger partial charge on any atom is -0.384 e. The van der Waals surface area contributed by atoms with Crippen molar-refractivity contribution in [1.29, 1.82) is 0 Å². The summed E-state index contributed by atoms with van der Waals surface area (Å²) in [6.07, 6.45) is 4.12. The highest BCUT2D eigenvalue weighted by Gasteiger charge is 2.25. The van der Waals surface area contributed by atoms with Crippen molar-refractivity contribution in [3.8, 4) is 0 Å². The van der Waals surface area contributed by atoms with Gasteiger partial charge in [0.1, 0.15) is 5.82 Å². The van der Waals surface area contributed by atoms with E-state index < -0.39 is 0 Å². The fraction of sp³-hybridized carbons (Fsp3) is 0.455. The van der Waals surface area contributed by atoms with E-state index in [0.29, 0.717) is 11.9 Å². The predicted octanol–water partition coefficient (Wildman–Crippen LogP) is 1.08. The second-order valence-electron chi connectivity index (χ2n) is 4.35. The topological polar surface area (TPSA) is 59.5 Å². The maximum atomic E-state index is 5.85. The van der Waals surface area contributed by atoms with Crippen LogP contribution >= 0.6 is 0 Å². The van der Waals surface area contributed by atoms with E-state index in [9.17, 15) is 0 Å². The van der Waals surface area contributed by atoms with Gasteiger partial charge in [0.2, 0.25) is 0 Å². The van der Waals surface area contributed by atoms with Crippen molar-refractivity contribution in [2.75, 3.05) is 19.3 Å². The molecule has 2 aromatic rings. The highest BCUT2D eigenvalue weighted by molar-refractivity contribution is 5.46. The van der Waals surface area contributed by atoms with E-state index in [0.717, 1.165) is 17.9 Å². The lowest BCUT2D eigenvalue weighted by molar-refractivity contribution is 0.311. The quantitative estimate of drug-likeness (QED) is 0.776. The number of likely N-dealkylation sites (tertiary alicyclic amines) is 1. The summed E-state index contributed by atoms with van der Waals surface area (Å²) < 4.78 is 1.71. The average molecular weight is 217 g/mol. The molecule has 5 nitrogen and oxygen atoms in total. The van der Waals surface area contributed by atoms with E-state index in [1.165, 1.54) is 12.8 Å². The van der Waals surface area contributed by atoms with Crippen LogP contribution < -0.4 is 5.73 Å². The Morgan fingerprint density at radius 3 is 3.06 bits per heavy atom. The average Bonchev–Trinajstić information content (AvgIpc) is 2.84. The van der Waals surface area contributed by atoms with Crippen LogP contribution in [0.3, 0.4) is 0 Å². The summed E-state index contributed by atoms with van der Waals surface area (Å²) in [5.74, 6) is 0.636. The molecule has 1 fully saturated rings. The Bertz CT molecular complexity index is 518. The highest BCUT2D eigenvalue weighted by Crippen LogP contribution is 2.29. The molecule has 3 rings (SSSR count). The first-order valence-corrected chi connectivity index (χ1v) is 5.56. The SMILES string of the molecule is CN1CCCC1c1cc2nccc(N)n2n1. The molecular weight excluding hydrogens is 202 g/mol. The maximum Gasteiger partial charge on any atom is 0.157 e. The van der Waals surface area contributed by atoms with Crippen LogP contribution in [0.5, 0.6) is 0 Å². The molecule has 84 valence electrons. The van der Waals surface area contributed by atoms with Crippen LogP contribution in [0.4, 0.5) is 5.82 Å². The molecule has 1 atom stereocenters. The lowest BCUT2D eigenvalue weighted by Gasteiger charge is -2.16. The molecule has 3 heterocycles. The Labute approximate surface area is 93.9 Å². The van der Waals surface area contributed by atoms with Gasteiger partial charge in [-0.1, -0.05) is 0 Å². The van der Waals surface area contributed by atoms with Crippen LogP contribution in [0.25, 0.3) is 5.65 Å². The van der Waals surface area contributed by atoms with E-state index in [-0.39, 0.29) is 0 Å². The largest absolute Gasteiger partial charge is 0.384 e. The molecular formula is C11H15N5. The number of aromatic nitrogens is 3. The van der Waals surface area contributed by atoms with Crippen LogP contribution in [-0.4, -0.2) is 33.1 Å². The summed E-state index contributed by atoms with van der Waals surface area (Å²) in [4.78, 5) is 6.59. The van der Waals surface area contributed by atoms with Gasteiger partial charge in [-0.2, -0.15) is 9.61 Å². The molecule has 2 N–H and O–H groups in total. The molecule has 0 aromatic carbocycles. The van der Waals surface area contributed by atoms with Crippen molar-refractivity contribution >= 4 is 11.5 Å². The van der Waals surface area contributed by atoms with Gasteiger partial charge in [0.25, 0.3) is 0 Å². The van der Waals surface area contributed by atoms with Crippen LogP contribution in [-0.2, 0) is 0 Å². The second-order valence-corrected chi connectivity index (χ2v) is 4.35. The lowest BCUT2D eigenvalue weighted by Crippen LogP contribution is -2.17. The smallest absolute Gasteiger partial charge is 0.157 e. The first-order valence-electron chi connectivity index (χ1n) is 5.56. The molecule has 0 radical (unpaired) electrons. The zero-order valence-electron chi connectivity index (χ0n) is 9.30. The number of rotatable bonds is 1. The number of nitrogens with zero attached hydrogens (tertiary/aromatic N) is 4. The van der Waals surface area contributed by atoms with Gasteiger partial charge >= 0.3 is 0 Å². The maximum absolute atomic E-state index is 5.85. The van der Waals surface area contributed by atoms with Gasteiger partial charge < -0.3 is 5.73 Å². The zero-order valence-corrected chi connectivity index (χ0v) is 9.30. The number of nitrogen functional groups attached to an aromatic ring is 1. The summed E-state index contributed by atoms with van der Waals surface area (Å²) in [6, 6.07) is 4.21. The van der Waals surface area contributed by atoms with Gasteiger partial charge in [0.15, 0.2) is 5.65 Å². The Balaban J connectivity index is 2.08. The molecule has 0 spiro atoms. The van der Waals surface area contributed by atoms with E-state index in [1.54, 1.807) is 16.8 Å². The minimum absolute atomic E-state index is 0.418. The molecule has 0 aliphatic carbocycles. The van der Waals surface area contributed by atoms with Crippen LogP contribution in [0.2, 0.25) is 0 Å². The summed E-state index contributed by atoms with van der Waals surface area (Å²) in [5.41, 5.74) is 7.75. The van der Waals surface area contributed by atoms with Crippen molar-refractivity contribution in [2.45, 2.75) is 18.9 Å². The third-order valence-corrected chi connectivity index (χ3v) is 3.27. The molecule has 1 unspecified atom stereocenters. The van der Waals surface area contributed by atoms with Gasteiger partial charge in [-0.15, -0.1) is 0 Å². The fourth-order valence-electron chi connectivity index (χ4n) is 2.38. The Kier molecular flexibility index (Phi) is 2.07. The molecule has 0 saturated carbocycles. The molecule has 16 heavy (non-hydrogen) atoms.